The lowest BCUT2D eigenvalue weighted by molar-refractivity contribution is -0.137. The molecule has 1 unspecified atom stereocenters. The van der Waals surface area contributed by atoms with E-state index in [4.69, 9.17) is 9.52 Å². The maximum atomic E-state index is 10.6. The van der Waals surface area contributed by atoms with Gasteiger partial charge in [-0.25, -0.2) is 0 Å². The molecule has 4 atom stereocenters. The highest BCUT2D eigenvalue weighted by Gasteiger charge is 2.33. The second kappa shape index (κ2) is 10.3. The summed E-state index contributed by atoms with van der Waals surface area (Å²) in [7, 11) is 0. The van der Waals surface area contributed by atoms with E-state index < -0.39 is 18.2 Å². The fourth-order valence-electron chi connectivity index (χ4n) is 3.42. The van der Waals surface area contributed by atoms with Crippen molar-refractivity contribution in [3.05, 3.63) is 35.3 Å². The lowest BCUT2D eigenvalue weighted by Gasteiger charge is -2.16. The summed E-state index contributed by atoms with van der Waals surface area (Å²) < 4.78 is 5.83. The number of aryl methyl sites for hydroxylation is 1. The Morgan fingerprint density at radius 2 is 2.22 bits per heavy atom. The van der Waals surface area contributed by atoms with Gasteiger partial charge in [-0.05, 0) is 38.2 Å². The first-order valence-electron chi connectivity index (χ1n) is 9.69. The average molecular weight is 374 g/mol. The quantitative estimate of drug-likeness (QED) is 0.332. The first-order valence-corrected chi connectivity index (χ1v) is 9.69. The van der Waals surface area contributed by atoms with Gasteiger partial charge in [-0.2, -0.15) is 0 Å². The number of furan rings is 1. The predicted molar refractivity (Wildman–Crippen MR) is 103 cm³/mol. The van der Waals surface area contributed by atoms with Gasteiger partial charge in [0.25, 0.3) is 0 Å². The van der Waals surface area contributed by atoms with Crippen molar-refractivity contribution in [3.63, 3.8) is 0 Å². The summed E-state index contributed by atoms with van der Waals surface area (Å²) in [5.74, 6) is 6.66. The maximum absolute atomic E-state index is 10.6. The summed E-state index contributed by atoms with van der Waals surface area (Å²) in [6, 6.07) is 1.97. The van der Waals surface area contributed by atoms with Crippen molar-refractivity contribution in [2.24, 2.45) is 5.92 Å². The molecule has 2 rings (SSSR count). The Bertz CT molecular complexity index is 706. The molecule has 5 nitrogen and oxygen atoms in total. The van der Waals surface area contributed by atoms with Gasteiger partial charge < -0.3 is 19.7 Å². The molecule has 1 heterocycles. The van der Waals surface area contributed by atoms with E-state index in [0.29, 0.717) is 19.3 Å². The van der Waals surface area contributed by atoms with Gasteiger partial charge in [-0.3, -0.25) is 4.79 Å². The minimum atomic E-state index is -0.778. The zero-order valence-corrected chi connectivity index (χ0v) is 16.1. The first-order chi connectivity index (χ1) is 12.9. The molecule has 5 heteroatoms. The molecule has 0 bridgehead atoms. The minimum absolute atomic E-state index is 0.106. The van der Waals surface area contributed by atoms with Crippen molar-refractivity contribution < 1.29 is 24.5 Å². The highest BCUT2D eigenvalue weighted by atomic mass is 16.4. The molecule has 148 valence electrons. The van der Waals surface area contributed by atoms with Crippen LogP contribution in [0.1, 0.15) is 69.0 Å². The summed E-state index contributed by atoms with van der Waals surface area (Å²) in [4.78, 5) is 10.6. The molecule has 0 saturated carbocycles. The number of aliphatic carboxylic acids is 1. The van der Waals surface area contributed by atoms with E-state index in [-0.39, 0.29) is 18.3 Å². The predicted octanol–water partition coefficient (Wildman–Crippen LogP) is 3.43. The van der Waals surface area contributed by atoms with E-state index in [1.54, 1.807) is 6.08 Å². The molecule has 1 aliphatic carbocycles. The van der Waals surface area contributed by atoms with E-state index in [9.17, 15) is 15.0 Å². The third kappa shape index (κ3) is 6.27. The molecule has 0 aromatic carbocycles. The maximum Gasteiger partial charge on any atom is 0.303 e. The van der Waals surface area contributed by atoms with Gasteiger partial charge in [0, 0.05) is 37.2 Å². The number of hydrogen-bond donors (Lipinski definition) is 3. The molecule has 0 aliphatic heterocycles. The van der Waals surface area contributed by atoms with Gasteiger partial charge in [0.05, 0.1) is 12.2 Å². The van der Waals surface area contributed by atoms with E-state index in [1.807, 2.05) is 26.0 Å². The number of aliphatic hydroxyl groups excluding tert-OH is 2. The lowest BCUT2D eigenvalue weighted by atomic mass is 9.95. The fourth-order valence-corrected chi connectivity index (χ4v) is 3.42. The molecule has 0 amide bonds. The van der Waals surface area contributed by atoms with Crippen molar-refractivity contribution in [2.75, 3.05) is 0 Å². The van der Waals surface area contributed by atoms with Crippen LogP contribution in [0.4, 0.5) is 0 Å². The normalized spacial score (nSPS) is 20.9. The van der Waals surface area contributed by atoms with Crippen molar-refractivity contribution in [2.45, 2.75) is 76.9 Å². The van der Waals surface area contributed by atoms with Crippen molar-refractivity contribution >= 4 is 5.97 Å². The van der Waals surface area contributed by atoms with Gasteiger partial charge in [-0.15, -0.1) is 11.8 Å². The van der Waals surface area contributed by atoms with Crippen LogP contribution in [0.15, 0.2) is 22.6 Å². The topological polar surface area (TPSA) is 90.9 Å². The number of aliphatic hydroxyl groups is 2. The number of fused-ring (bicyclic) bond motifs is 1. The number of hydrogen-bond acceptors (Lipinski definition) is 4. The fraction of sp³-hybridized carbons (Fsp3) is 0.591. The summed E-state index contributed by atoms with van der Waals surface area (Å²) >= 11 is 0. The summed E-state index contributed by atoms with van der Waals surface area (Å²) in [5.41, 5.74) is 0.976. The van der Waals surface area contributed by atoms with Crippen molar-refractivity contribution in [1.29, 1.82) is 0 Å². The number of carbonyl (C=O) groups is 1. The molecule has 0 spiro atoms. The second-order valence-corrected chi connectivity index (χ2v) is 7.31. The average Bonchev–Trinajstić information content (AvgIpc) is 3.13. The van der Waals surface area contributed by atoms with E-state index in [0.717, 1.165) is 36.3 Å². The molecule has 27 heavy (non-hydrogen) atoms. The van der Waals surface area contributed by atoms with Crippen LogP contribution >= 0.6 is 0 Å². The van der Waals surface area contributed by atoms with Crippen LogP contribution in [-0.4, -0.2) is 33.5 Å². The molecule has 1 aliphatic rings. The Hall–Kier alpha value is -2.03. The molecular weight excluding hydrogens is 344 g/mol. The molecular formula is C22H30O5. The zero-order valence-electron chi connectivity index (χ0n) is 16.1. The first kappa shape index (κ1) is 21.3. The molecule has 0 saturated heterocycles. The second-order valence-electron chi connectivity index (χ2n) is 7.31. The minimum Gasteiger partial charge on any atom is -0.481 e. The van der Waals surface area contributed by atoms with Crippen LogP contribution in [0, 0.1) is 17.8 Å². The molecule has 1 aromatic rings. The lowest BCUT2D eigenvalue weighted by Crippen LogP contribution is -2.16. The Labute approximate surface area is 161 Å². The smallest absolute Gasteiger partial charge is 0.303 e. The molecule has 3 N–H and O–H groups in total. The Morgan fingerprint density at radius 1 is 1.44 bits per heavy atom. The summed E-state index contributed by atoms with van der Waals surface area (Å²) in [5, 5.41) is 29.3. The van der Waals surface area contributed by atoms with Crippen LogP contribution < -0.4 is 0 Å². The highest BCUT2D eigenvalue weighted by molar-refractivity contribution is 5.66. The van der Waals surface area contributed by atoms with E-state index >= 15 is 0 Å². The van der Waals surface area contributed by atoms with Crippen LogP contribution in [-0.2, 0) is 17.6 Å². The number of carboxylic acid groups (broad SMARTS) is 1. The number of carboxylic acids is 1. The van der Waals surface area contributed by atoms with E-state index in [1.165, 1.54) is 0 Å². The van der Waals surface area contributed by atoms with Gasteiger partial charge in [0.15, 0.2) is 0 Å². The Kier molecular flexibility index (Phi) is 8.15. The summed E-state index contributed by atoms with van der Waals surface area (Å²) in [6.07, 6.45) is 6.87. The highest BCUT2D eigenvalue weighted by Crippen LogP contribution is 2.37. The molecule has 0 fully saturated rings. The monoisotopic (exact) mass is 374 g/mol. The van der Waals surface area contributed by atoms with Crippen molar-refractivity contribution in [1.82, 2.24) is 0 Å². The van der Waals surface area contributed by atoms with Gasteiger partial charge >= 0.3 is 5.97 Å². The van der Waals surface area contributed by atoms with Crippen LogP contribution in [0.3, 0.4) is 0 Å². The van der Waals surface area contributed by atoms with E-state index in [2.05, 4.69) is 11.8 Å². The zero-order chi connectivity index (χ0) is 19.8. The van der Waals surface area contributed by atoms with Crippen LogP contribution in [0.5, 0.6) is 0 Å². The number of rotatable bonds is 10. The summed E-state index contributed by atoms with van der Waals surface area (Å²) in [6.45, 7) is 3.81. The standard InChI is InChI=1S/C22H30O5/c1-3-4-5-8-15(2)19(23)12-11-17-18-13-16(9-6-7-10-22(25)26)27-21(18)14-20(17)24/h11-13,15,17,19-20,23-24H,5-10,14H2,1-2H3,(H,25,26)/b12-11+/t15?,17-,19-,20-/m1/s1. The van der Waals surface area contributed by atoms with Gasteiger partial charge in [-0.1, -0.05) is 19.1 Å². The van der Waals surface area contributed by atoms with Gasteiger partial charge in [0.1, 0.15) is 11.5 Å². The number of unbranched alkanes of at least 4 members (excludes halogenated alkanes) is 1. The Balaban J connectivity index is 1.93. The molecule has 1 aromatic heterocycles. The third-order valence-electron chi connectivity index (χ3n) is 5.12. The third-order valence-corrected chi connectivity index (χ3v) is 5.12. The SMILES string of the molecule is CC#CCCC(C)[C@H](O)/C=C/[C@@H]1c2cc(CCCCC(=O)O)oc2C[C@H]1O. The van der Waals surface area contributed by atoms with Gasteiger partial charge in [0.2, 0.25) is 0 Å². The van der Waals surface area contributed by atoms with Crippen molar-refractivity contribution in [3.8, 4) is 11.8 Å². The Morgan fingerprint density at radius 3 is 2.93 bits per heavy atom. The van der Waals surface area contributed by atoms with Crippen LogP contribution in [0.2, 0.25) is 0 Å². The van der Waals surface area contributed by atoms with Crippen LogP contribution in [0.25, 0.3) is 0 Å². The molecule has 0 radical (unpaired) electrons. The largest absolute Gasteiger partial charge is 0.481 e.